The summed E-state index contributed by atoms with van der Waals surface area (Å²) >= 11 is 0. The van der Waals surface area contributed by atoms with Crippen LogP contribution in [0.4, 0.5) is 11.4 Å². The zero-order valence-electron chi connectivity index (χ0n) is 6.29. The average molecular weight is 150 g/mol. The number of benzene rings is 1. The van der Waals surface area contributed by atoms with Crippen LogP contribution in [0.2, 0.25) is 0 Å². The summed E-state index contributed by atoms with van der Waals surface area (Å²) in [7, 11) is 1.76. The van der Waals surface area contributed by atoms with Crippen LogP contribution in [0.1, 0.15) is 10.4 Å². The number of hydrogen-bond acceptors (Lipinski definition) is 3. The van der Waals surface area contributed by atoms with E-state index >= 15 is 0 Å². The van der Waals surface area contributed by atoms with E-state index in [1.165, 1.54) is 0 Å². The van der Waals surface area contributed by atoms with E-state index in [1.54, 1.807) is 19.2 Å². The summed E-state index contributed by atoms with van der Waals surface area (Å²) in [6.45, 7) is 0. The first-order chi connectivity index (χ1) is 5.29. The van der Waals surface area contributed by atoms with Gasteiger partial charge in [0.05, 0.1) is 11.4 Å². The summed E-state index contributed by atoms with van der Waals surface area (Å²) < 4.78 is 0. The molecule has 0 aromatic heterocycles. The van der Waals surface area contributed by atoms with Gasteiger partial charge in [-0.25, -0.2) is 0 Å². The summed E-state index contributed by atoms with van der Waals surface area (Å²) in [6.07, 6.45) is 0.746. The van der Waals surface area contributed by atoms with Gasteiger partial charge >= 0.3 is 0 Å². The summed E-state index contributed by atoms with van der Waals surface area (Å²) in [4.78, 5) is 10.4. The smallest absolute Gasteiger partial charge is 0.152 e. The van der Waals surface area contributed by atoms with Crippen LogP contribution in [0.15, 0.2) is 18.2 Å². The fraction of sp³-hybridized carbons (Fsp3) is 0.125. The Morgan fingerprint density at radius 2 is 2.27 bits per heavy atom. The molecule has 1 rings (SSSR count). The van der Waals surface area contributed by atoms with Gasteiger partial charge in [0.1, 0.15) is 0 Å². The van der Waals surface area contributed by atoms with E-state index in [0.717, 1.165) is 12.0 Å². The van der Waals surface area contributed by atoms with Gasteiger partial charge in [-0.3, -0.25) is 4.79 Å². The molecule has 3 nitrogen and oxygen atoms in total. The molecule has 0 bridgehead atoms. The van der Waals surface area contributed by atoms with Crippen molar-refractivity contribution in [1.82, 2.24) is 0 Å². The summed E-state index contributed by atoms with van der Waals surface area (Å²) in [5, 5.41) is 2.89. The number of para-hydroxylation sites is 1. The van der Waals surface area contributed by atoms with Crippen molar-refractivity contribution in [2.75, 3.05) is 18.1 Å². The second-order valence-electron chi connectivity index (χ2n) is 2.18. The molecular formula is C8H10N2O. The molecule has 0 atom stereocenters. The lowest BCUT2D eigenvalue weighted by atomic mass is 10.2. The maximum absolute atomic E-state index is 10.4. The summed E-state index contributed by atoms with van der Waals surface area (Å²) in [6, 6.07) is 5.29. The molecule has 3 heteroatoms. The zero-order valence-corrected chi connectivity index (χ0v) is 6.29. The van der Waals surface area contributed by atoms with E-state index in [-0.39, 0.29) is 0 Å². The normalized spacial score (nSPS) is 9.18. The van der Waals surface area contributed by atoms with E-state index in [9.17, 15) is 4.79 Å². The van der Waals surface area contributed by atoms with Gasteiger partial charge in [0.2, 0.25) is 0 Å². The maximum atomic E-state index is 10.4. The molecule has 0 radical (unpaired) electrons. The molecule has 0 aliphatic rings. The Morgan fingerprint density at radius 1 is 1.55 bits per heavy atom. The highest BCUT2D eigenvalue weighted by molar-refractivity contribution is 5.88. The minimum absolute atomic E-state index is 0.505. The van der Waals surface area contributed by atoms with Gasteiger partial charge in [0, 0.05) is 12.6 Å². The predicted octanol–water partition coefficient (Wildman–Crippen LogP) is 1.12. The van der Waals surface area contributed by atoms with Crippen molar-refractivity contribution in [2.24, 2.45) is 0 Å². The first-order valence-corrected chi connectivity index (χ1v) is 3.31. The highest BCUT2D eigenvalue weighted by Gasteiger charge is 2.00. The lowest BCUT2D eigenvalue weighted by Crippen LogP contribution is -1.98. The fourth-order valence-corrected chi connectivity index (χ4v) is 0.904. The van der Waals surface area contributed by atoms with Crippen molar-refractivity contribution in [3.05, 3.63) is 23.8 Å². The monoisotopic (exact) mass is 150 g/mol. The molecule has 58 valence electrons. The molecule has 11 heavy (non-hydrogen) atoms. The molecular weight excluding hydrogens is 140 g/mol. The van der Waals surface area contributed by atoms with Crippen LogP contribution in [-0.4, -0.2) is 13.3 Å². The Balaban J connectivity index is 3.20. The Bertz CT molecular complexity index is 271. The van der Waals surface area contributed by atoms with Crippen LogP contribution in [0, 0.1) is 0 Å². The summed E-state index contributed by atoms with van der Waals surface area (Å²) in [5.74, 6) is 0. The van der Waals surface area contributed by atoms with Crippen LogP contribution in [-0.2, 0) is 0 Å². The van der Waals surface area contributed by atoms with Gasteiger partial charge in [-0.2, -0.15) is 0 Å². The van der Waals surface area contributed by atoms with E-state index in [2.05, 4.69) is 5.32 Å². The highest BCUT2D eigenvalue weighted by Crippen LogP contribution is 2.19. The molecule has 3 N–H and O–H groups in total. The quantitative estimate of drug-likeness (QED) is 0.490. The van der Waals surface area contributed by atoms with Crippen LogP contribution in [0.5, 0.6) is 0 Å². The Morgan fingerprint density at radius 3 is 2.82 bits per heavy atom. The van der Waals surface area contributed by atoms with Crippen molar-refractivity contribution < 1.29 is 4.79 Å². The molecule has 0 unspecified atom stereocenters. The van der Waals surface area contributed by atoms with E-state index in [1.807, 2.05) is 6.07 Å². The molecule has 0 fully saturated rings. The zero-order chi connectivity index (χ0) is 8.27. The average Bonchev–Trinajstić information content (AvgIpc) is 2.05. The molecule has 0 spiro atoms. The lowest BCUT2D eigenvalue weighted by molar-refractivity contribution is 0.112. The second kappa shape index (κ2) is 3.05. The summed E-state index contributed by atoms with van der Waals surface area (Å²) in [5.41, 5.74) is 7.43. The number of nitrogens with one attached hydrogen (secondary N) is 1. The molecule has 0 aliphatic heterocycles. The number of carbonyl (C=O) groups is 1. The van der Waals surface area contributed by atoms with Crippen molar-refractivity contribution >= 4 is 17.7 Å². The molecule has 0 saturated carbocycles. The first-order valence-electron chi connectivity index (χ1n) is 3.31. The first kappa shape index (κ1) is 7.60. The Kier molecular flexibility index (Phi) is 2.11. The van der Waals surface area contributed by atoms with Crippen molar-refractivity contribution in [3.63, 3.8) is 0 Å². The largest absolute Gasteiger partial charge is 0.396 e. The molecule has 0 heterocycles. The van der Waals surface area contributed by atoms with Gasteiger partial charge in [-0.15, -0.1) is 0 Å². The maximum Gasteiger partial charge on any atom is 0.152 e. The molecule has 0 saturated heterocycles. The molecule has 0 amide bonds. The Labute approximate surface area is 65.2 Å². The van der Waals surface area contributed by atoms with E-state index in [0.29, 0.717) is 11.3 Å². The fourth-order valence-electron chi connectivity index (χ4n) is 0.904. The number of rotatable bonds is 2. The second-order valence-corrected chi connectivity index (χ2v) is 2.18. The number of hydrogen-bond donors (Lipinski definition) is 2. The number of nitrogens with two attached hydrogens (primary N) is 1. The third-order valence-electron chi connectivity index (χ3n) is 1.54. The molecule has 1 aromatic carbocycles. The van der Waals surface area contributed by atoms with Crippen molar-refractivity contribution in [1.29, 1.82) is 0 Å². The topological polar surface area (TPSA) is 55.1 Å². The lowest BCUT2D eigenvalue weighted by Gasteiger charge is -2.05. The van der Waals surface area contributed by atoms with Crippen LogP contribution in [0.25, 0.3) is 0 Å². The minimum atomic E-state index is 0.505. The van der Waals surface area contributed by atoms with E-state index < -0.39 is 0 Å². The van der Waals surface area contributed by atoms with Gasteiger partial charge in [0.15, 0.2) is 6.29 Å². The van der Waals surface area contributed by atoms with Gasteiger partial charge in [-0.1, -0.05) is 6.07 Å². The van der Waals surface area contributed by atoms with Crippen LogP contribution < -0.4 is 11.1 Å². The van der Waals surface area contributed by atoms with Gasteiger partial charge < -0.3 is 11.1 Å². The van der Waals surface area contributed by atoms with E-state index in [4.69, 9.17) is 5.73 Å². The SMILES string of the molecule is CNc1cccc(C=O)c1N. The third-order valence-corrected chi connectivity index (χ3v) is 1.54. The van der Waals surface area contributed by atoms with Gasteiger partial charge in [-0.05, 0) is 12.1 Å². The van der Waals surface area contributed by atoms with Crippen LogP contribution >= 0.6 is 0 Å². The van der Waals surface area contributed by atoms with Crippen LogP contribution in [0.3, 0.4) is 0 Å². The minimum Gasteiger partial charge on any atom is -0.396 e. The predicted molar refractivity (Wildman–Crippen MR) is 45.8 cm³/mol. The third kappa shape index (κ3) is 1.32. The van der Waals surface area contributed by atoms with Crippen molar-refractivity contribution in [2.45, 2.75) is 0 Å². The molecule has 0 aliphatic carbocycles. The van der Waals surface area contributed by atoms with Gasteiger partial charge in [0.25, 0.3) is 0 Å². The number of nitrogen functional groups attached to an aromatic ring is 1. The number of anilines is 2. The highest BCUT2D eigenvalue weighted by atomic mass is 16.1. The Hall–Kier alpha value is -1.51. The van der Waals surface area contributed by atoms with Crippen molar-refractivity contribution in [3.8, 4) is 0 Å². The molecule has 1 aromatic rings. The number of carbonyl (C=O) groups excluding carboxylic acids is 1. The standard InChI is InChI=1S/C8H10N2O/c1-10-7-4-2-3-6(5-11)8(7)9/h2-5,10H,9H2,1H3. The number of aldehydes is 1.